The lowest BCUT2D eigenvalue weighted by molar-refractivity contribution is 0.0998. The normalized spacial score (nSPS) is 11.9. The maximum absolute atomic E-state index is 11.4. The van der Waals surface area contributed by atoms with E-state index in [-0.39, 0.29) is 6.04 Å². The number of nitrogens with one attached hydrogen (secondary N) is 1. The van der Waals surface area contributed by atoms with Gasteiger partial charge in [-0.05, 0) is 31.7 Å². The average Bonchev–Trinajstić information content (AvgIpc) is 2.48. The van der Waals surface area contributed by atoms with Crippen LogP contribution in [0.5, 0.6) is 11.6 Å². The SMILES string of the molecule is CCNC(C)c1cccnc1Oc1ccccc1C(N)=O. The number of amides is 1. The molecule has 1 amide bonds. The van der Waals surface area contributed by atoms with Crippen molar-refractivity contribution in [3.8, 4) is 11.6 Å². The molecule has 5 heteroatoms. The summed E-state index contributed by atoms with van der Waals surface area (Å²) in [4.78, 5) is 15.7. The molecule has 0 saturated carbocycles. The molecule has 21 heavy (non-hydrogen) atoms. The second kappa shape index (κ2) is 6.85. The van der Waals surface area contributed by atoms with Crippen LogP contribution in [0.15, 0.2) is 42.6 Å². The molecule has 0 spiro atoms. The van der Waals surface area contributed by atoms with Crippen LogP contribution < -0.4 is 15.8 Å². The molecule has 0 saturated heterocycles. The Labute approximate surface area is 124 Å². The quantitative estimate of drug-likeness (QED) is 0.855. The van der Waals surface area contributed by atoms with Crippen molar-refractivity contribution >= 4 is 5.91 Å². The van der Waals surface area contributed by atoms with E-state index in [2.05, 4.69) is 10.3 Å². The number of nitrogens with zero attached hydrogens (tertiary/aromatic N) is 1. The molecule has 1 aromatic carbocycles. The highest BCUT2D eigenvalue weighted by molar-refractivity contribution is 5.95. The smallest absolute Gasteiger partial charge is 0.252 e. The Bertz CT molecular complexity index is 628. The minimum absolute atomic E-state index is 0.0967. The van der Waals surface area contributed by atoms with E-state index in [9.17, 15) is 4.79 Å². The van der Waals surface area contributed by atoms with Crippen molar-refractivity contribution in [2.45, 2.75) is 19.9 Å². The number of primary amides is 1. The van der Waals surface area contributed by atoms with Gasteiger partial charge in [0.1, 0.15) is 5.75 Å². The van der Waals surface area contributed by atoms with Crippen molar-refractivity contribution in [1.29, 1.82) is 0 Å². The Kier molecular flexibility index (Phi) is 4.90. The molecule has 3 N–H and O–H groups in total. The zero-order valence-corrected chi connectivity index (χ0v) is 12.2. The van der Waals surface area contributed by atoms with Gasteiger partial charge in [0.15, 0.2) is 0 Å². The minimum atomic E-state index is -0.525. The second-order valence-corrected chi connectivity index (χ2v) is 4.64. The molecule has 1 aromatic heterocycles. The molecule has 1 heterocycles. The average molecular weight is 285 g/mol. The minimum Gasteiger partial charge on any atom is -0.438 e. The molecule has 0 radical (unpaired) electrons. The molecule has 1 atom stereocenters. The topological polar surface area (TPSA) is 77.2 Å². The van der Waals surface area contributed by atoms with Crippen molar-refractivity contribution in [2.24, 2.45) is 5.73 Å². The van der Waals surface area contributed by atoms with E-state index in [0.29, 0.717) is 17.2 Å². The first-order chi connectivity index (χ1) is 10.1. The number of aromatic nitrogens is 1. The van der Waals surface area contributed by atoms with Crippen LogP contribution in [0.2, 0.25) is 0 Å². The van der Waals surface area contributed by atoms with Crippen LogP contribution in [0.3, 0.4) is 0 Å². The summed E-state index contributed by atoms with van der Waals surface area (Å²) in [6.45, 7) is 4.91. The molecule has 0 aliphatic rings. The van der Waals surface area contributed by atoms with Gasteiger partial charge in [-0.25, -0.2) is 4.98 Å². The summed E-state index contributed by atoms with van der Waals surface area (Å²) >= 11 is 0. The summed E-state index contributed by atoms with van der Waals surface area (Å²) in [6, 6.07) is 10.8. The van der Waals surface area contributed by atoms with Crippen molar-refractivity contribution in [3.05, 3.63) is 53.7 Å². The number of pyridine rings is 1. The lowest BCUT2D eigenvalue weighted by Gasteiger charge is -2.17. The molecular weight excluding hydrogens is 266 g/mol. The van der Waals surface area contributed by atoms with Crippen molar-refractivity contribution < 1.29 is 9.53 Å². The van der Waals surface area contributed by atoms with E-state index in [1.165, 1.54) is 0 Å². The van der Waals surface area contributed by atoms with Gasteiger partial charge in [0, 0.05) is 17.8 Å². The summed E-state index contributed by atoms with van der Waals surface area (Å²) in [5.41, 5.74) is 6.63. The second-order valence-electron chi connectivity index (χ2n) is 4.64. The van der Waals surface area contributed by atoms with Crippen molar-refractivity contribution in [1.82, 2.24) is 10.3 Å². The van der Waals surface area contributed by atoms with Crippen molar-refractivity contribution in [2.75, 3.05) is 6.54 Å². The third kappa shape index (κ3) is 3.58. The van der Waals surface area contributed by atoms with Crippen LogP contribution in [0.25, 0.3) is 0 Å². The summed E-state index contributed by atoms with van der Waals surface area (Å²) < 4.78 is 5.82. The molecule has 0 bridgehead atoms. The zero-order valence-electron chi connectivity index (χ0n) is 12.2. The van der Waals surface area contributed by atoms with Crippen molar-refractivity contribution in [3.63, 3.8) is 0 Å². The third-order valence-electron chi connectivity index (χ3n) is 3.14. The maximum atomic E-state index is 11.4. The highest BCUT2D eigenvalue weighted by atomic mass is 16.5. The van der Waals surface area contributed by atoms with Gasteiger partial charge in [-0.1, -0.05) is 25.1 Å². The third-order valence-corrected chi connectivity index (χ3v) is 3.14. The fourth-order valence-electron chi connectivity index (χ4n) is 2.10. The van der Waals surface area contributed by atoms with Crippen LogP contribution in [0.1, 0.15) is 35.8 Å². The number of hydrogen-bond acceptors (Lipinski definition) is 4. The zero-order chi connectivity index (χ0) is 15.2. The number of carbonyl (C=O) groups excluding carboxylic acids is 1. The molecule has 2 aromatic rings. The van der Waals surface area contributed by atoms with Crippen LogP contribution >= 0.6 is 0 Å². The number of para-hydroxylation sites is 1. The van der Waals surface area contributed by atoms with Crippen LogP contribution in [0.4, 0.5) is 0 Å². The molecule has 2 rings (SSSR count). The highest BCUT2D eigenvalue weighted by Crippen LogP contribution is 2.29. The lowest BCUT2D eigenvalue weighted by Crippen LogP contribution is -2.18. The summed E-state index contributed by atoms with van der Waals surface area (Å²) in [5, 5.41) is 3.31. The van der Waals surface area contributed by atoms with E-state index in [0.717, 1.165) is 12.1 Å². The van der Waals surface area contributed by atoms with Crippen LogP contribution in [0, 0.1) is 0 Å². The number of nitrogens with two attached hydrogens (primary N) is 1. The first-order valence-corrected chi connectivity index (χ1v) is 6.88. The van der Waals surface area contributed by atoms with E-state index in [4.69, 9.17) is 10.5 Å². The van der Waals surface area contributed by atoms with Gasteiger partial charge in [-0.3, -0.25) is 4.79 Å². The summed E-state index contributed by atoms with van der Waals surface area (Å²) in [7, 11) is 0. The van der Waals surface area contributed by atoms with Gasteiger partial charge in [0.25, 0.3) is 5.91 Å². The van der Waals surface area contributed by atoms with Crippen LogP contribution in [-0.2, 0) is 0 Å². The molecule has 1 unspecified atom stereocenters. The number of rotatable bonds is 6. The van der Waals surface area contributed by atoms with Gasteiger partial charge in [-0.2, -0.15) is 0 Å². The number of ether oxygens (including phenoxy) is 1. The van der Waals surface area contributed by atoms with E-state index < -0.39 is 5.91 Å². The molecule has 0 aliphatic heterocycles. The molecular formula is C16H19N3O2. The Morgan fingerprint density at radius 2 is 2.10 bits per heavy atom. The molecule has 0 aliphatic carbocycles. The summed E-state index contributed by atoms with van der Waals surface area (Å²) in [5.74, 6) is 0.358. The van der Waals surface area contributed by atoms with E-state index >= 15 is 0 Å². The predicted octanol–water partition coefficient (Wildman–Crippen LogP) is 2.64. The first-order valence-electron chi connectivity index (χ1n) is 6.88. The first kappa shape index (κ1) is 15.0. The van der Waals surface area contributed by atoms with Gasteiger partial charge in [-0.15, -0.1) is 0 Å². The van der Waals surface area contributed by atoms with Crippen LogP contribution in [-0.4, -0.2) is 17.4 Å². The van der Waals surface area contributed by atoms with Gasteiger partial charge < -0.3 is 15.8 Å². The fourth-order valence-corrected chi connectivity index (χ4v) is 2.10. The lowest BCUT2D eigenvalue weighted by atomic mass is 10.1. The largest absolute Gasteiger partial charge is 0.438 e. The Balaban J connectivity index is 2.34. The molecule has 5 nitrogen and oxygen atoms in total. The number of benzene rings is 1. The predicted molar refractivity (Wildman–Crippen MR) is 81.4 cm³/mol. The van der Waals surface area contributed by atoms with Gasteiger partial charge in [0.05, 0.1) is 5.56 Å². The highest BCUT2D eigenvalue weighted by Gasteiger charge is 2.15. The Hall–Kier alpha value is -2.40. The maximum Gasteiger partial charge on any atom is 0.252 e. The Morgan fingerprint density at radius 1 is 1.33 bits per heavy atom. The van der Waals surface area contributed by atoms with Gasteiger partial charge in [0.2, 0.25) is 5.88 Å². The fraction of sp³-hybridized carbons (Fsp3) is 0.250. The number of carbonyl (C=O) groups is 1. The molecule has 0 fully saturated rings. The molecule has 110 valence electrons. The van der Waals surface area contributed by atoms with Gasteiger partial charge >= 0.3 is 0 Å². The summed E-state index contributed by atoms with van der Waals surface area (Å²) in [6.07, 6.45) is 1.66. The van der Waals surface area contributed by atoms with E-state index in [1.54, 1.807) is 30.5 Å². The standard InChI is InChI=1S/C16H19N3O2/c1-3-18-11(2)12-8-6-10-19-16(12)21-14-9-5-4-7-13(14)15(17)20/h4-11,18H,3H2,1-2H3,(H2,17,20). The Morgan fingerprint density at radius 3 is 2.81 bits per heavy atom. The number of hydrogen-bond donors (Lipinski definition) is 2. The van der Waals surface area contributed by atoms with E-state index in [1.807, 2.05) is 26.0 Å². The monoisotopic (exact) mass is 285 g/mol.